The SMILES string of the molecule is COc1ccc(CCN2CCC(NC(=O)C3C(C(=O)O)[C@H]4CC[C@@H]3O4)CC2)cc1.COc1ccc(CC[NH+]2CCC(NC(=O)C3C(C(=O)[O-])[C@H]4CC[C@@H]3O4)CC2)cc1. The molecule has 58 heavy (non-hydrogen) atoms. The van der Waals surface area contributed by atoms with Crippen molar-refractivity contribution in [1.29, 1.82) is 0 Å². The second-order valence-electron chi connectivity index (χ2n) is 16.9. The van der Waals surface area contributed by atoms with Crippen LogP contribution in [0.1, 0.15) is 62.5 Å². The van der Waals surface area contributed by atoms with Gasteiger partial charge in [-0.25, -0.2) is 0 Å². The number of piperidine rings is 2. The number of hydrogen-bond donors (Lipinski definition) is 4. The zero-order valence-electron chi connectivity index (χ0n) is 33.8. The summed E-state index contributed by atoms with van der Waals surface area (Å²) in [5.41, 5.74) is 2.59. The number of nitrogens with zero attached hydrogens (tertiary/aromatic N) is 1. The van der Waals surface area contributed by atoms with E-state index in [4.69, 9.17) is 18.9 Å². The average Bonchev–Trinajstić information content (AvgIpc) is 4.06. The first-order chi connectivity index (χ1) is 28.1. The minimum absolute atomic E-state index is 0.119. The molecule has 6 fully saturated rings. The lowest BCUT2D eigenvalue weighted by atomic mass is 9.78. The first-order valence-electron chi connectivity index (χ1n) is 21.3. The van der Waals surface area contributed by atoms with Crippen LogP contribution >= 0.6 is 0 Å². The van der Waals surface area contributed by atoms with E-state index in [9.17, 15) is 29.4 Å². The summed E-state index contributed by atoms with van der Waals surface area (Å²) in [6.45, 7) is 5.97. The average molecular weight is 805 g/mol. The van der Waals surface area contributed by atoms with E-state index in [1.54, 1.807) is 19.1 Å². The molecule has 6 aliphatic heterocycles. The molecule has 14 heteroatoms. The largest absolute Gasteiger partial charge is 0.550 e. The van der Waals surface area contributed by atoms with Crippen LogP contribution in [-0.2, 0) is 41.5 Å². The number of rotatable bonds is 14. The van der Waals surface area contributed by atoms with Crippen LogP contribution in [0.15, 0.2) is 48.5 Å². The van der Waals surface area contributed by atoms with E-state index in [1.807, 2.05) is 24.3 Å². The predicted molar refractivity (Wildman–Crippen MR) is 210 cm³/mol. The first-order valence-corrected chi connectivity index (χ1v) is 21.3. The molecule has 2 amide bonds. The first kappa shape index (κ1) is 41.9. The zero-order chi connectivity index (χ0) is 40.8. The maximum atomic E-state index is 12.8. The second kappa shape index (κ2) is 19.2. The number of carboxylic acids is 2. The summed E-state index contributed by atoms with van der Waals surface area (Å²) in [5.74, 6) is -3.27. The van der Waals surface area contributed by atoms with Crippen LogP contribution in [0.5, 0.6) is 11.5 Å². The predicted octanol–water partition coefficient (Wildman–Crippen LogP) is 0.641. The Bertz CT molecular complexity index is 1580. The molecule has 8 rings (SSSR count). The number of fused-ring (bicyclic) bond motifs is 4. The number of ether oxygens (including phenoxy) is 4. The van der Waals surface area contributed by atoms with Crippen LogP contribution in [0.25, 0.3) is 0 Å². The standard InChI is InChI=1S/2C22H30N2O5/c2*1-28-16-4-2-14(3-5-16)8-11-24-12-9-15(10-13-24)23-21(25)19-17-6-7-18(29-17)20(19)22(26)27/h2*2-5,15,17-20H,6-13H2,1H3,(H,23,25)(H,26,27)/t2*17-,18+,19?,20?/m00/s1. The third kappa shape index (κ3) is 9.95. The lowest BCUT2D eigenvalue weighted by molar-refractivity contribution is -0.905. The van der Waals surface area contributed by atoms with Gasteiger partial charge in [0.25, 0.3) is 0 Å². The van der Waals surface area contributed by atoms with Crippen molar-refractivity contribution >= 4 is 23.8 Å². The van der Waals surface area contributed by atoms with Crippen molar-refractivity contribution in [2.24, 2.45) is 23.7 Å². The number of carboxylic acid groups (broad SMARTS) is 2. The minimum atomic E-state index is -1.16. The van der Waals surface area contributed by atoms with Gasteiger partial charge in [-0.15, -0.1) is 0 Å². The van der Waals surface area contributed by atoms with E-state index in [-0.39, 0.29) is 48.3 Å². The van der Waals surface area contributed by atoms with Gasteiger partial charge in [0.05, 0.1) is 76.0 Å². The van der Waals surface area contributed by atoms with Gasteiger partial charge in [-0.05, 0) is 80.3 Å². The molecule has 0 saturated carbocycles. The van der Waals surface area contributed by atoms with Gasteiger partial charge in [-0.2, -0.15) is 0 Å². The molecule has 4 N–H and O–H groups in total. The second-order valence-corrected chi connectivity index (χ2v) is 16.9. The Morgan fingerprint density at radius 3 is 1.60 bits per heavy atom. The van der Waals surface area contributed by atoms with Crippen molar-refractivity contribution in [2.75, 3.05) is 53.5 Å². The number of nitrogens with one attached hydrogen (secondary N) is 3. The van der Waals surface area contributed by atoms with Crippen LogP contribution in [0.2, 0.25) is 0 Å². The van der Waals surface area contributed by atoms with E-state index >= 15 is 0 Å². The van der Waals surface area contributed by atoms with Crippen molar-refractivity contribution in [3.8, 4) is 11.5 Å². The van der Waals surface area contributed by atoms with Crippen molar-refractivity contribution in [3.05, 3.63) is 59.7 Å². The fraction of sp³-hybridized carbons (Fsp3) is 0.636. The van der Waals surface area contributed by atoms with Crippen LogP contribution in [0.4, 0.5) is 0 Å². The third-order valence-electron chi connectivity index (χ3n) is 13.5. The van der Waals surface area contributed by atoms with E-state index in [1.165, 1.54) is 11.1 Å². The minimum Gasteiger partial charge on any atom is -0.550 e. The fourth-order valence-corrected chi connectivity index (χ4v) is 10.1. The Kier molecular flexibility index (Phi) is 13.9. The van der Waals surface area contributed by atoms with Crippen molar-refractivity contribution in [3.63, 3.8) is 0 Å². The molecule has 316 valence electrons. The maximum absolute atomic E-state index is 12.8. The van der Waals surface area contributed by atoms with Gasteiger partial charge in [-0.1, -0.05) is 24.3 Å². The molecule has 2 aromatic rings. The summed E-state index contributed by atoms with van der Waals surface area (Å²) in [7, 11) is 3.34. The van der Waals surface area contributed by atoms with Gasteiger partial charge in [0.2, 0.25) is 11.8 Å². The molecular formula is C44H60N4O10. The summed E-state index contributed by atoms with van der Waals surface area (Å²) in [6.07, 6.45) is 7.50. The number of carbonyl (C=O) groups is 4. The highest BCUT2D eigenvalue weighted by Gasteiger charge is 2.56. The zero-order valence-corrected chi connectivity index (χ0v) is 33.8. The molecule has 0 radical (unpaired) electrons. The molecule has 6 aliphatic rings. The van der Waals surface area contributed by atoms with Crippen LogP contribution in [-0.4, -0.2) is 124 Å². The van der Waals surface area contributed by atoms with E-state index < -0.39 is 35.6 Å². The van der Waals surface area contributed by atoms with Crippen LogP contribution in [0, 0.1) is 23.7 Å². The molecule has 6 heterocycles. The van der Waals surface area contributed by atoms with Gasteiger partial charge in [0.15, 0.2) is 0 Å². The summed E-state index contributed by atoms with van der Waals surface area (Å²) >= 11 is 0. The van der Waals surface area contributed by atoms with Crippen molar-refractivity contribution < 1.29 is 53.2 Å². The molecule has 4 bridgehead atoms. The smallest absolute Gasteiger partial charge is 0.310 e. The quantitative estimate of drug-likeness (QED) is 0.211. The Hall–Kier alpha value is -4.24. The fourth-order valence-electron chi connectivity index (χ4n) is 10.1. The third-order valence-corrected chi connectivity index (χ3v) is 13.5. The maximum Gasteiger partial charge on any atom is 0.310 e. The van der Waals surface area contributed by atoms with Crippen LogP contribution < -0.4 is 30.1 Å². The van der Waals surface area contributed by atoms with Gasteiger partial charge < -0.3 is 54.4 Å². The molecule has 14 nitrogen and oxygen atoms in total. The van der Waals surface area contributed by atoms with E-state index in [0.29, 0.717) is 6.42 Å². The monoisotopic (exact) mass is 804 g/mol. The molecule has 6 saturated heterocycles. The molecule has 8 atom stereocenters. The summed E-state index contributed by atoms with van der Waals surface area (Å²) < 4.78 is 21.8. The highest BCUT2D eigenvalue weighted by Crippen LogP contribution is 2.44. The Morgan fingerprint density at radius 2 is 1.12 bits per heavy atom. The van der Waals surface area contributed by atoms with E-state index in [0.717, 1.165) is 109 Å². The highest BCUT2D eigenvalue weighted by atomic mass is 16.5. The molecule has 0 aromatic heterocycles. The number of methoxy groups -OCH3 is 2. The van der Waals surface area contributed by atoms with Gasteiger partial charge >= 0.3 is 5.97 Å². The van der Waals surface area contributed by atoms with Gasteiger partial charge in [0.1, 0.15) is 11.5 Å². The number of hydrogen-bond acceptors (Lipinski definition) is 10. The number of quaternary nitrogens is 1. The molecule has 0 spiro atoms. The van der Waals surface area contributed by atoms with Gasteiger partial charge in [0, 0.05) is 62.9 Å². The number of benzene rings is 2. The summed E-state index contributed by atoms with van der Waals surface area (Å²) in [5, 5.41) is 27.2. The number of carbonyl (C=O) groups excluding carboxylic acids is 3. The molecule has 0 aliphatic carbocycles. The summed E-state index contributed by atoms with van der Waals surface area (Å²) in [4.78, 5) is 52.6. The topological polar surface area (TPSA) is 180 Å². The normalized spacial score (nSPS) is 31.6. The number of likely N-dealkylation sites (tertiary alicyclic amines) is 2. The number of amides is 2. The van der Waals surface area contributed by atoms with Crippen molar-refractivity contribution in [2.45, 2.75) is 101 Å². The Morgan fingerprint density at radius 1 is 0.672 bits per heavy atom. The Balaban J connectivity index is 0.000000177. The molecule has 2 aromatic carbocycles. The van der Waals surface area contributed by atoms with Gasteiger partial charge in [-0.3, -0.25) is 14.4 Å². The highest BCUT2D eigenvalue weighted by molar-refractivity contribution is 5.87. The summed E-state index contributed by atoms with van der Waals surface area (Å²) in [6, 6.07) is 16.6. The van der Waals surface area contributed by atoms with E-state index in [2.05, 4.69) is 39.8 Å². The van der Waals surface area contributed by atoms with Crippen LogP contribution in [0.3, 0.4) is 0 Å². The molecule has 4 unspecified atom stereocenters. The number of aliphatic carboxylic acids is 2. The van der Waals surface area contributed by atoms with Crippen molar-refractivity contribution in [1.82, 2.24) is 15.5 Å². The molecular weight excluding hydrogens is 745 g/mol. The lowest BCUT2D eigenvalue weighted by Crippen LogP contribution is -3.13. The lowest BCUT2D eigenvalue weighted by Gasteiger charge is -2.33. The Labute approximate surface area is 340 Å².